The van der Waals surface area contributed by atoms with Crippen LogP contribution in [0.2, 0.25) is 0 Å². The highest BCUT2D eigenvalue weighted by atomic mass is 16.4. The molecular formula is C21H25N3O5. The summed E-state index contributed by atoms with van der Waals surface area (Å²) in [7, 11) is 0. The van der Waals surface area contributed by atoms with Crippen molar-refractivity contribution in [3.63, 3.8) is 0 Å². The SMILES string of the molecule is C[C@H](NC(=O)[C@H](Cc1ccccc1)NC(=O)[C@@H](N)Cc1ccc(O)cc1)C(=O)O. The fraction of sp³-hybridized carbons (Fsp3) is 0.286. The number of amides is 2. The summed E-state index contributed by atoms with van der Waals surface area (Å²) >= 11 is 0. The molecule has 0 radical (unpaired) electrons. The molecule has 29 heavy (non-hydrogen) atoms. The lowest BCUT2D eigenvalue weighted by Gasteiger charge is -2.22. The number of hydrogen-bond donors (Lipinski definition) is 5. The maximum Gasteiger partial charge on any atom is 0.325 e. The van der Waals surface area contributed by atoms with Crippen molar-refractivity contribution in [2.24, 2.45) is 5.73 Å². The Bertz CT molecular complexity index is 839. The lowest BCUT2D eigenvalue weighted by molar-refractivity contribution is -0.141. The van der Waals surface area contributed by atoms with Crippen LogP contribution in [-0.2, 0) is 27.2 Å². The average Bonchev–Trinajstić information content (AvgIpc) is 2.69. The summed E-state index contributed by atoms with van der Waals surface area (Å²) in [5.41, 5.74) is 7.54. The molecule has 0 saturated carbocycles. The number of carboxylic acids is 1. The predicted molar refractivity (Wildman–Crippen MR) is 107 cm³/mol. The molecule has 2 aromatic rings. The van der Waals surface area contributed by atoms with Gasteiger partial charge in [0.15, 0.2) is 0 Å². The lowest BCUT2D eigenvalue weighted by atomic mass is 10.0. The van der Waals surface area contributed by atoms with Gasteiger partial charge in [0.25, 0.3) is 0 Å². The maximum absolute atomic E-state index is 12.6. The van der Waals surface area contributed by atoms with E-state index >= 15 is 0 Å². The van der Waals surface area contributed by atoms with E-state index in [4.69, 9.17) is 10.8 Å². The molecule has 8 nitrogen and oxygen atoms in total. The fourth-order valence-corrected chi connectivity index (χ4v) is 2.69. The number of carbonyl (C=O) groups is 3. The zero-order valence-corrected chi connectivity index (χ0v) is 16.0. The van der Waals surface area contributed by atoms with Crippen molar-refractivity contribution in [3.8, 4) is 5.75 Å². The first-order valence-corrected chi connectivity index (χ1v) is 9.17. The number of aromatic hydroxyl groups is 1. The van der Waals surface area contributed by atoms with Crippen LogP contribution in [0.25, 0.3) is 0 Å². The second-order valence-electron chi connectivity index (χ2n) is 6.80. The third-order valence-corrected chi connectivity index (χ3v) is 4.37. The van der Waals surface area contributed by atoms with Crippen LogP contribution in [0.15, 0.2) is 54.6 Å². The Kier molecular flexibility index (Phi) is 7.73. The minimum absolute atomic E-state index is 0.110. The summed E-state index contributed by atoms with van der Waals surface area (Å²) in [6.45, 7) is 1.35. The molecule has 2 amide bonds. The van der Waals surface area contributed by atoms with Gasteiger partial charge in [0.05, 0.1) is 6.04 Å². The van der Waals surface area contributed by atoms with Gasteiger partial charge in [-0.3, -0.25) is 14.4 Å². The summed E-state index contributed by atoms with van der Waals surface area (Å²) in [4.78, 5) is 36.1. The zero-order chi connectivity index (χ0) is 21.4. The number of phenols is 1. The normalized spacial score (nSPS) is 13.7. The predicted octanol–water partition coefficient (Wildman–Crippen LogP) is 0.579. The number of nitrogens with two attached hydrogens (primary N) is 1. The number of aliphatic carboxylic acids is 1. The van der Waals surface area contributed by atoms with Gasteiger partial charge >= 0.3 is 5.97 Å². The van der Waals surface area contributed by atoms with Crippen molar-refractivity contribution >= 4 is 17.8 Å². The topological polar surface area (TPSA) is 142 Å². The number of phenolic OH excluding ortho intramolecular Hbond substituents is 1. The second-order valence-corrected chi connectivity index (χ2v) is 6.80. The number of rotatable bonds is 9. The van der Waals surface area contributed by atoms with Crippen LogP contribution in [0, 0.1) is 0 Å². The van der Waals surface area contributed by atoms with E-state index in [1.807, 2.05) is 30.3 Å². The molecule has 0 heterocycles. The van der Waals surface area contributed by atoms with Gasteiger partial charge < -0.3 is 26.6 Å². The van der Waals surface area contributed by atoms with Crippen molar-refractivity contribution in [3.05, 3.63) is 65.7 Å². The molecule has 3 atom stereocenters. The minimum atomic E-state index is -1.17. The molecular weight excluding hydrogens is 374 g/mol. The van der Waals surface area contributed by atoms with Crippen molar-refractivity contribution in [2.75, 3.05) is 0 Å². The molecule has 154 valence electrons. The molecule has 0 aromatic heterocycles. The first kappa shape index (κ1) is 21.9. The Labute approximate surface area is 168 Å². The fourth-order valence-electron chi connectivity index (χ4n) is 2.69. The average molecular weight is 399 g/mol. The van der Waals surface area contributed by atoms with Crippen molar-refractivity contribution < 1.29 is 24.6 Å². The molecule has 0 unspecified atom stereocenters. The maximum atomic E-state index is 12.6. The van der Waals surface area contributed by atoms with Crippen LogP contribution in [-0.4, -0.2) is 46.1 Å². The van der Waals surface area contributed by atoms with E-state index in [-0.39, 0.29) is 18.6 Å². The second kappa shape index (κ2) is 10.2. The van der Waals surface area contributed by atoms with Crippen molar-refractivity contribution in [1.82, 2.24) is 10.6 Å². The largest absolute Gasteiger partial charge is 0.508 e. The van der Waals surface area contributed by atoms with Gasteiger partial charge in [-0.25, -0.2) is 0 Å². The molecule has 6 N–H and O–H groups in total. The Morgan fingerprint density at radius 3 is 2.07 bits per heavy atom. The molecule has 2 rings (SSSR count). The number of benzene rings is 2. The van der Waals surface area contributed by atoms with E-state index in [9.17, 15) is 19.5 Å². The standard InChI is InChI=1S/C21H25N3O5/c1-13(21(28)29)23-20(27)18(12-14-5-3-2-4-6-14)24-19(26)17(22)11-15-7-9-16(25)10-8-15/h2-10,13,17-18,25H,11-12,22H2,1H3,(H,23,27)(H,24,26)(H,28,29)/t13-,17-,18-/m0/s1. The summed E-state index contributed by atoms with van der Waals surface area (Å²) < 4.78 is 0. The summed E-state index contributed by atoms with van der Waals surface area (Å²) in [6, 6.07) is 12.4. The summed E-state index contributed by atoms with van der Waals surface area (Å²) in [5, 5.41) is 23.4. The van der Waals surface area contributed by atoms with E-state index in [0.717, 1.165) is 11.1 Å². The lowest BCUT2D eigenvalue weighted by Crippen LogP contribution is -2.55. The molecule has 0 spiro atoms. The highest BCUT2D eigenvalue weighted by Gasteiger charge is 2.26. The monoisotopic (exact) mass is 399 g/mol. The Hall–Kier alpha value is -3.39. The zero-order valence-electron chi connectivity index (χ0n) is 16.0. The molecule has 8 heteroatoms. The van der Waals surface area contributed by atoms with Crippen molar-refractivity contribution in [1.29, 1.82) is 0 Å². The third kappa shape index (κ3) is 6.93. The first-order chi connectivity index (χ1) is 13.8. The van der Waals surface area contributed by atoms with Gasteiger partial charge in [-0.15, -0.1) is 0 Å². The Morgan fingerprint density at radius 2 is 1.48 bits per heavy atom. The molecule has 0 saturated heterocycles. The van der Waals surface area contributed by atoms with Crippen LogP contribution < -0.4 is 16.4 Å². The third-order valence-electron chi connectivity index (χ3n) is 4.37. The van der Waals surface area contributed by atoms with Crippen LogP contribution in [0.3, 0.4) is 0 Å². The van der Waals surface area contributed by atoms with Gasteiger partial charge in [-0.2, -0.15) is 0 Å². The number of carboxylic acid groups (broad SMARTS) is 1. The highest BCUT2D eigenvalue weighted by Crippen LogP contribution is 2.11. The van der Waals surface area contributed by atoms with Gasteiger partial charge in [0.1, 0.15) is 17.8 Å². The van der Waals surface area contributed by atoms with Crippen LogP contribution in [0.5, 0.6) is 5.75 Å². The van der Waals surface area contributed by atoms with Gasteiger partial charge in [-0.05, 0) is 36.6 Å². The molecule has 0 aliphatic heterocycles. The Morgan fingerprint density at radius 1 is 0.897 bits per heavy atom. The van der Waals surface area contributed by atoms with E-state index in [1.165, 1.54) is 19.1 Å². The van der Waals surface area contributed by atoms with Crippen LogP contribution in [0.1, 0.15) is 18.1 Å². The van der Waals surface area contributed by atoms with E-state index in [2.05, 4.69) is 10.6 Å². The number of carbonyl (C=O) groups excluding carboxylic acids is 2. The van der Waals surface area contributed by atoms with Gasteiger partial charge in [0.2, 0.25) is 11.8 Å². The first-order valence-electron chi connectivity index (χ1n) is 9.17. The summed E-state index contributed by atoms with van der Waals surface area (Å²) in [6.07, 6.45) is 0.411. The minimum Gasteiger partial charge on any atom is -0.508 e. The van der Waals surface area contributed by atoms with Crippen LogP contribution >= 0.6 is 0 Å². The van der Waals surface area contributed by atoms with Gasteiger partial charge in [0, 0.05) is 6.42 Å². The number of hydrogen-bond acceptors (Lipinski definition) is 5. The highest BCUT2D eigenvalue weighted by molar-refractivity contribution is 5.92. The molecule has 0 bridgehead atoms. The van der Waals surface area contributed by atoms with E-state index < -0.39 is 35.9 Å². The van der Waals surface area contributed by atoms with E-state index in [1.54, 1.807) is 12.1 Å². The van der Waals surface area contributed by atoms with Gasteiger partial charge in [-0.1, -0.05) is 42.5 Å². The van der Waals surface area contributed by atoms with Crippen molar-refractivity contribution in [2.45, 2.75) is 37.9 Å². The smallest absolute Gasteiger partial charge is 0.325 e. The molecule has 0 fully saturated rings. The molecule has 0 aliphatic rings. The Balaban J connectivity index is 2.08. The quantitative estimate of drug-likeness (QED) is 0.418. The molecule has 0 aliphatic carbocycles. The van der Waals surface area contributed by atoms with Crippen LogP contribution in [0.4, 0.5) is 0 Å². The molecule has 2 aromatic carbocycles. The number of nitrogens with one attached hydrogen (secondary N) is 2. The summed E-state index contributed by atoms with van der Waals surface area (Å²) in [5.74, 6) is -2.20. The van der Waals surface area contributed by atoms with E-state index in [0.29, 0.717) is 0 Å².